The van der Waals surface area contributed by atoms with Gasteiger partial charge in [0.05, 0.1) is 21.8 Å². The fraction of sp³-hybridized carbons (Fsp3) is 0.167. The number of nitrogens with zero attached hydrogens (tertiary/aromatic N) is 2. The SMILES string of the molecule is CCSc1c(Cl)cnn(-c2ccccc2)c1=O. The molecule has 1 aromatic carbocycles. The van der Waals surface area contributed by atoms with Gasteiger partial charge in [-0.2, -0.15) is 9.78 Å². The number of hydrogen-bond donors (Lipinski definition) is 0. The van der Waals surface area contributed by atoms with E-state index >= 15 is 0 Å². The van der Waals surface area contributed by atoms with Crippen LogP contribution in [0.5, 0.6) is 0 Å². The van der Waals surface area contributed by atoms with Crippen molar-refractivity contribution in [1.29, 1.82) is 0 Å². The second-order valence-corrected chi connectivity index (χ2v) is 4.99. The van der Waals surface area contributed by atoms with E-state index < -0.39 is 0 Å². The third kappa shape index (κ3) is 2.53. The third-order valence-corrected chi connectivity index (χ3v) is 3.55. The topological polar surface area (TPSA) is 34.9 Å². The normalized spacial score (nSPS) is 10.5. The first-order valence-corrected chi connectivity index (χ1v) is 6.56. The molecule has 0 aliphatic heterocycles. The van der Waals surface area contributed by atoms with Crippen molar-refractivity contribution >= 4 is 23.4 Å². The van der Waals surface area contributed by atoms with Gasteiger partial charge in [-0.3, -0.25) is 4.79 Å². The summed E-state index contributed by atoms with van der Waals surface area (Å²) in [5.74, 6) is 0.799. The molecule has 2 rings (SSSR count). The molecule has 0 amide bonds. The van der Waals surface area contributed by atoms with Gasteiger partial charge in [0.1, 0.15) is 0 Å². The van der Waals surface area contributed by atoms with Gasteiger partial charge in [0.2, 0.25) is 0 Å². The molecule has 0 saturated carbocycles. The Morgan fingerprint density at radius 1 is 1.35 bits per heavy atom. The molecule has 88 valence electrons. The Balaban J connectivity index is 2.58. The fourth-order valence-corrected chi connectivity index (χ4v) is 2.42. The van der Waals surface area contributed by atoms with Crippen molar-refractivity contribution in [3.63, 3.8) is 0 Å². The molecule has 17 heavy (non-hydrogen) atoms. The highest BCUT2D eigenvalue weighted by Gasteiger charge is 2.10. The molecule has 0 aliphatic rings. The molecule has 1 heterocycles. The van der Waals surface area contributed by atoms with Crippen molar-refractivity contribution in [2.75, 3.05) is 5.75 Å². The van der Waals surface area contributed by atoms with E-state index in [-0.39, 0.29) is 5.56 Å². The summed E-state index contributed by atoms with van der Waals surface area (Å²) in [7, 11) is 0. The highest BCUT2D eigenvalue weighted by molar-refractivity contribution is 7.99. The molecule has 0 bridgehead atoms. The molecule has 0 unspecified atom stereocenters. The lowest BCUT2D eigenvalue weighted by molar-refractivity contribution is 0.782. The number of halogens is 1. The van der Waals surface area contributed by atoms with E-state index in [1.54, 1.807) is 0 Å². The van der Waals surface area contributed by atoms with E-state index in [1.165, 1.54) is 22.6 Å². The van der Waals surface area contributed by atoms with Crippen LogP contribution in [0.25, 0.3) is 5.69 Å². The average molecular weight is 267 g/mol. The van der Waals surface area contributed by atoms with E-state index in [0.29, 0.717) is 9.92 Å². The Morgan fingerprint density at radius 2 is 2.06 bits per heavy atom. The van der Waals surface area contributed by atoms with Crippen LogP contribution in [0, 0.1) is 0 Å². The minimum Gasteiger partial charge on any atom is -0.266 e. The zero-order valence-corrected chi connectivity index (χ0v) is 10.8. The maximum Gasteiger partial charge on any atom is 0.286 e. The van der Waals surface area contributed by atoms with Crippen LogP contribution in [0.4, 0.5) is 0 Å². The first-order valence-electron chi connectivity index (χ1n) is 5.20. The number of thioether (sulfide) groups is 1. The number of para-hydroxylation sites is 1. The molecular weight excluding hydrogens is 256 g/mol. The predicted octanol–water partition coefficient (Wildman–Crippen LogP) is 3.00. The Morgan fingerprint density at radius 3 is 2.71 bits per heavy atom. The summed E-state index contributed by atoms with van der Waals surface area (Å²) in [6, 6.07) is 9.30. The van der Waals surface area contributed by atoms with Crippen LogP contribution < -0.4 is 5.56 Å². The fourth-order valence-electron chi connectivity index (χ4n) is 1.45. The van der Waals surface area contributed by atoms with Gasteiger partial charge in [-0.1, -0.05) is 36.7 Å². The highest BCUT2D eigenvalue weighted by atomic mass is 35.5. The molecule has 0 aliphatic carbocycles. The first kappa shape index (κ1) is 12.2. The van der Waals surface area contributed by atoms with Crippen molar-refractivity contribution in [1.82, 2.24) is 9.78 Å². The number of benzene rings is 1. The summed E-state index contributed by atoms with van der Waals surface area (Å²) < 4.78 is 1.36. The minimum absolute atomic E-state index is 0.171. The van der Waals surface area contributed by atoms with Crippen LogP contribution in [0.2, 0.25) is 5.02 Å². The molecule has 0 N–H and O–H groups in total. The second kappa shape index (κ2) is 5.38. The molecule has 2 aromatic rings. The standard InChI is InChI=1S/C12H11ClN2OS/c1-2-17-11-10(13)8-14-15(12(11)16)9-6-4-3-5-7-9/h3-8H,2H2,1H3. The molecule has 3 nitrogen and oxygen atoms in total. The van der Waals surface area contributed by atoms with Crippen molar-refractivity contribution < 1.29 is 0 Å². The van der Waals surface area contributed by atoms with E-state index in [9.17, 15) is 4.79 Å². The molecule has 0 radical (unpaired) electrons. The molecule has 0 fully saturated rings. The lowest BCUT2D eigenvalue weighted by Crippen LogP contribution is -2.22. The van der Waals surface area contributed by atoms with Crippen molar-refractivity contribution in [2.45, 2.75) is 11.8 Å². The van der Waals surface area contributed by atoms with Gasteiger partial charge in [0.25, 0.3) is 5.56 Å². The summed E-state index contributed by atoms with van der Waals surface area (Å²) in [6.07, 6.45) is 1.51. The van der Waals surface area contributed by atoms with Gasteiger partial charge >= 0.3 is 0 Å². The zero-order valence-electron chi connectivity index (χ0n) is 9.26. The molecule has 5 heteroatoms. The van der Waals surface area contributed by atoms with Gasteiger partial charge in [-0.15, -0.1) is 11.8 Å². The Bertz CT molecular complexity index is 568. The van der Waals surface area contributed by atoms with E-state index in [0.717, 1.165) is 11.4 Å². The minimum atomic E-state index is -0.171. The zero-order chi connectivity index (χ0) is 12.3. The molecule has 0 atom stereocenters. The third-order valence-electron chi connectivity index (χ3n) is 2.18. The quantitative estimate of drug-likeness (QED) is 0.801. The maximum atomic E-state index is 12.2. The van der Waals surface area contributed by atoms with Crippen LogP contribution >= 0.6 is 23.4 Å². The summed E-state index contributed by atoms with van der Waals surface area (Å²) >= 11 is 7.40. The maximum absolute atomic E-state index is 12.2. The van der Waals surface area contributed by atoms with Gasteiger partial charge < -0.3 is 0 Å². The average Bonchev–Trinajstić information content (AvgIpc) is 2.36. The van der Waals surface area contributed by atoms with E-state index in [2.05, 4.69) is 5.10 Å². The van der Waals surface area contributed by atoms with Crippen LogP contribution in [-0.4, -0.2) is 15.5 Å². The van der Waals surface area contributed by atoms with Crippen LogP contribution in [0.3, 0.4) is 0 Å². The largest absolute Gasteiger partial charge is 0.286 e. The van der Waals surface area contributed by atoms with Gasteiger partial charge in [0.15, 0.2) is 0 Å². The highest BCUT2D eigenvalue weighted by Crippen LogP contribution is 2.22. The van der Waals surface area contributed by atoms with Gasteiger partial charge in [-0.25, -0.2) is 0 Å². The lowest BCUT2D eigenvalue weighted by Gasteiger charge is -2.07. The van der Waals surface area contributed by atoms with E-state index in [1.807, 2.05) is 37.3 Å². The van der Waals surface area contributed by atoms with E-state index in [4.69, 9.17) is 11.6 Å². The molecule has 0 spiro atoms. The van der Waals surface area contributed by atoms with Crippen molar-refractivity contribution in [3.8, 4) is 5.69 Å². The van der Waals surface area contributed by atoms with Crippen LogP contribution in [0.1, 0.15) is 6.92 Å². The van der Waals surface area contributed by atoms with Crippen LogP contribution in [0.15, 0.2) is 46.2 Å². The Hall–Kier alpha value is -1.26. The predicted molar refractivity (Wildman–Crippen MR) is 71.2 cm³/mol. The lowest BCUT2D eigenvalue weighted by atomic mass is 10.3. The number of aromatic nitrogens is 2. The number of hydrogen-bond acceptors (Lipinski definition) is 3. The summed E-state index contributed by atoms with van der Waals surface area (Å²) in [4.78, 5) is 12.7. The molecule has 0 saturated heterocycles. The summed E-state index contributed by atoms with van der Waals surface area (Å²) in [5, 5.41) is 4.46. The van der Waals surface area contributed by atoms with Gasteiger partial charge in [0, 0.05) is 0 Å². The van der Waals surface area contributed by atoms with Crippen molar-refractivity contribution in [3.05, 3.63) is 51.9 Å². The second-order valence-electron chi connectivity index (χ2n) is 3.31. The van der Waals surface area contributed by atoms with Crippen molar-refractivity contribution in [2.24, 2.45) is 0 Å². The Labute approximate surface area is 108 Å². The number of rotatable bonds is 3. The monoisotopic (exact) mass is 266 g/mol. The van der Waals surface area contributed by atoms with Gasteiger partial charge in [-0.05, 0) is 17.9 Å². The smallest absolute Gasteiger partial charge is 0.266 e. The summed E-state index contributed by atoms with van der Waals surface area (Å²) in [6.45, 7) is 1.98. The first-order chi connectivity index (χ1) is 8.24. The summed E-state index contributed by atoms with van der Waals surface area (Å²) in [5.41, 5.74) is 0.572. The molecule has 1 aromatic heterocycles. The van der Waals surface area contributed by atoms with Crippen LogP contribution in [-0.2, 0) is 0 Å². The Kier molecular flexibility index (Phi) is 3.86. The molecular formula is C12H11ClN2OS.